The van der Waals surface area contributed by atoms with Gasteiger partial charge in [-0.25, -0.2) is 16.8 Å². The summed E-state index contributed by atoms with van der Waals surface area (Å²) in [6.07, 6.45) is 2.17. The number of sulfonamides is 1. The van der Waals surface area contributed by atoms with Crippen LogP contribution in [0, 0.1) is 0 Å². The number of anilines is 1. The van der Waals surface area contributed by atoms with E-state index in [1.807, 2.05) is 30.1 Å². The molecule has 0 aliphatic carbocycles. The van der Waals surface area contributed by atoms with Crippen molar-refractivity contribution in [1.29, 1.82) is 0 Å². The molecule has 192 valence electrons. The van der Waals surface area contributed by atoms with E-state index >= 15 is 0 Å². The molecule has 0 spiro atoms. The molecular weight excluding hydrogens is 548 g/mol. The number of H-pyrrole nitrogens is 1. The highest BCUT2D eigenvalue weighted by molar-refractivity contribution is 8.15. The monoisotopic (exact) mass is 576 g/mol. The third-order valence-electron chi connectivity index (χ3n) is 5.71. The molecule has 0 saturated heterocycles. The quantitative estimate of drug-likeness (QED) is 0.395. The zero-order valence-corrected chi connectivity index (χ0v) is 23.8. The maximum absolute atomic E-state index is 13.0. The summed E-state index contributed by atoms with van der Waals surface area (Å²) in [4.78, 5) is 10.1. The number of thioether (sulfide) groups is 1. The Hall–Kier alpha value is -1.57. The lowest BCUT2D eigenvalue weighted by molar-refractivity contribution is 0.347. The normalized spacial score (nSPS) is 16.5. The number of hydrogen-bond donors (Lipinski definition) is 1. The Morgan fingerprint density at radius 2 is 1.89 bits per heavy atom. The molecule has 2 aromatic heterocycles. The standard InChI is InChI=1S/C22H28N4O4S4.ClH/c1-25(11-13-33(3,27)28)10-9-17-15-23-22(32-17)18-14-16-6-4-7-19(21(16)24-18)26(2)34(29,30)20-8-5-12-31-20;/h4-8,12,14,17,24H,9-11,13,15H2,1-3H3;1H. The molecule has 0 bridgehead atoms. The van der Waals surface area contributed by atoms with Crippen LogP contribution in [-0.2, 0) is 19.9 Å². The maximum Gasteiger partial charge on any atom is 0.273 e. The molecule has 0 amide bonds. The van der Waals surface area contributed by atoms with Crippen molar-refractivity contribution in [3.05, 3.63) is 47.5 Å². The van der Waals surface area contributed by atoms with Crippen LogP contribution in [0.5, 0.6) is 0 Å². The summed E-state index contributed by atoms with van der Waals surface area (Å²) < 4.78 is 50.4. The van der Waals surface area contributed by atoms with Crippen molar-refractivity contribution in [3.63, 3.8) is 0 Å². The molecule has 1 N–H and O–H groups in total. The Morgan fingerprint density at radius 1 is 1.11 bits per heavy atom. The number of thiophene rings is 1. The third kappa shape index (κ3) is 6.60. The molecule has 0 fully saturated rings. The number of nitrogens with one attached hydrogen (secondary N) is 1. The van der Waals surface area contributed by atoms with Crippen molar-refractivity contribution in [3.8, 4) is 0 Å². The van der Waals surface area contributed by atoms with Crippen LogP contribution in [0.4, 0.5) is 5.69 Å². The first-order valence-electron chi connectivity index (χ1n) is 10.8. The van der Waals surface area contributed by atoms with Crippen LogP contribution in [0.1, 0.15) is 12.1 Å². The van der Waals surface area contributed by atoms with Crippen LogP contribution in [0.25, 0.3) is 10.9 Å². The molecule has 8 nitrogen and oxygen atoms in total. The smallest absolute Gasteiger partial charge is 0.273 e. The Labute approximate surface area is 221 Å². The second kappa shape index (κ2) is 11.2. The van der Waals surface area contributed by atoms with Gasteiger partial charge < -0.3 is 9.88 Å². The van der Waals surface area contributed by atoms with E-state index < -0.39 is 19.9 Å². The Balaban J connectivity index is 0.00000342. The number of para-hydroxylation sites is 1. The lowest BCUT2D eigenvalue weighted by atomic mass is 10.2. The van der Waals surface area contributed by atoms with Gasteiger partial charge in [-0.05, 0) is 43.6 Å². The highest BCUT2D eigenvalue weighted by Crippen LogP contribution is 2.34. The minimum absolute atomic E-state index is 0. The van der Waals surface area contributed by atoms with Gasteiger partial charge >= 0.3 is 0 Å². The molecule has 1 unspecified atom stereocenters. The first-order chi connectivity index (χ1) is 16.0. The summed E-state index contributed by atoms with van der Waals surface area (Å²) in [6, 6.07) is 11.0. The van der Waals surface area contributed by atoms with E-state index in [2.05, 4.69) is 4.98 Å². The van der Waals surface area contributed by atoms with Gasteiger partial charge in [-0.15, -0.1) is 23.7 Å². The highest BCUT2D eigenvalue weighted by atomic mass is 35.5. The number of hydrogen-bond acceptors (Lipinski definition) is 8. The van der Waals surface area contributed by atoms with Crippen LogP contribution >= 0.6 is 35.5 Å². The van der Waals surface area contributed by atoms with Gasteiger partial charge in [-0.1, -0.05) is 30.0 Å². The van der Waals surface area contributed by atoms with Gasteiger partial charge in [0, 0.05) is 30.5 Å². The molecule has 0 saturated carbocycles. The van der Waals surface area contributed by atoms with Gasteiger partial charge in [0.05, 0.1) is 29.2 Å². The first kappa shape index (κ1) is 28.0. The van der Waals surface area contributed by atoms with Gasteiger partial charge in [0.2, 0.25) is 0 Å². The fourth-order valence-electron chi connectivity index (χ4n) is 3.71. The molecule has 1 aliphatic rings. The molecule has 4 rings (SSSR count). The molecular formula is C22H29ClN4O4S4. The van der Waals surface area contributed by atoms with Crippen LogP contribution in [-0.4, -0.2) is 82.8 Å². The predicted molar refractivity (Wildman–Crippen MR) is 150 cm³/mol. The lowest BCUT2D eigenvalue weighted by Crippen LogP contribution is -2.28. The first-order valence-corrected chi connectivity index (χ1v) is 16.0. The van der Waals surface area contributed by atoms with Crippen LogP contribution in [0.2, 0.25) is 0 Å². The maximum atomic E-state index is 13.0. The van der Waals surface area contributed by atoms with Crippen molar-refractivity contribution in [2.24, 2.45) is 4.99 Å². The summed E-state index contributed by atoms with van der Waals surface area (Å²) >= 11 is 2.91. The Bertz CT molecular complexity index is 1400. The molecule has 35 heavy (non-hydrogen) atoms. The fourth-order valence-corrected chi connectivity index (χ4v) is 7.79. The number of halogens is 1. The van der Waals surface area contributed by atoms with E-state index in [1.165, 1.54) is 21.9 Å². The third-order valence-corrected chi connectivity index (χ3v) is 11.1. The number of aliphatic imine (C=N–C) groups is 1. The van der Waals surface area contributed by atoms with Crippen LogP contribution in [0.15, 0.2) is 51.0 Å². The summed E-state index contributed by atoms with van der Waals surface area (Å²) in [5.74, 6) is 0.164. The van der Waals surface area contributed by atoms with Gasteiger partial charge in [0.25, 0.3) is 10.0 Å². The topological polar surface area (TPSA) is 103 Å². The van der Waals surface area contributed by atoms with E-state index in [9.17, 15) is 16.8 Å². The minimum Gasteiger partial charge on any atom is -0.351 e. The molecule has 1 atom stereocenters. The minimum atomic E-state index is -3.63. The number of benzene rings is 1. The number of aromatic nitrogens is 1. The van der Waals surface area contributed by atoms with Gasteiger partial charge in [-0.3, -0.25) is 9.30 Å². The van der Waals surface area contributed by atoms with Crippen molar-refractivity contribution >= 4 is 77.0 Å². The molecule has 3 aromatic rings. The zero-order chi connectivity index (χ0) is 24.5. The summed E-state index contributed by atoms with van der Waals surface area (Å²) in [6.45, 7) is 2.03. The van der Waals surface area contributed by atoms with Crippen molar-refractivity contribution in [1.82, 2.24) is 9.88 Å². The molecule has 3 heterocycles. The Morgan fingerprint density at radius 3 is 2.57 bits per heavy atom. The van der Waals surface area contributed by atoms with Crippen LogP contribution < -0.4 is 4.31 Å². The summed E-state index contributed by atoms with van der Waals surface area (Å²) in [5.41, 5.74) is 2.22. The fraction of sp³-hybridized carbons (Fsp3) is 0.409. The molecule has 1 aromatic carbocycles. The predicted octanol–water partition coefficient (Wildman–Crippen LogP) is 3.70. The average molecular weight is 577 g/mol. The van der Waals surface area contributed by atoms with E-state index in [1.54, 1.807) is 42.4 Å². The highest BCUT2D eigenvalue weighted by Gasteiger charge is 2.26. The number of rotatable bonds is 10. The lowest BCUT2D eigenvalue weighted by Gasteiger charge is -2.19. The van der Waals surface area contributed by atoms with Crippen molar-refractivity contribution in [2.75, 3.05) is 50.0 Å². The van der Waals surface area contributed by atoms with Crippen molar-refractivity contribution in [2.45, 2.75) is 15.9 Å². The van der Waals surface area contributed by atoms with E-state index in [0.717, 1.165) is 34.6 Å². The van der Waals surface area contributed by atoms with E-state index in [0.29, 0.717) is 28.2 Å². The van der Waals surface area contributed by atoms with Crippen molar-refractivity contribution < 1.29 is 16.8 Å². The average Bonchev–Trinajstić information content (AvgIpc) is 3.54. The second-order valence-corrected chi connectivity index (χ2v) is 15.1. The summed E-state index contributed by atoms with van der Waals surface area (Å²) in [7, 11) is -3.09. The number of fused-ring (bicyclic) bond motifs is 1. The SMILES string of the molecule is CN(CCC1CN=C(c2cc3cccc(N(C)S(=O)(=O)c4cccs4)c3[nH]2)S1)CCS(C)(=O)=O.Cl. The van der Waals surface area contributed by atoms with Gasteiger partial charge in [-0.2, -0.15) is 0 Å². The van der Waals surface area contributed by atoms with Crippen LogP contribution in [0.3, 0.4) is 0 Å². The van der Waals surface area contributed by atoms with E-state index in [4.69, 9.17) is 4.99 Å². The molecule has 1 aliphatic heterocycles. The van der Waals surface area contributed by atoms with Gasteiger partial charge in [0.1, 0.15) is 19.1 Å². The summed E-state index contributed by atoms with van der Waals surface area (Å²) in [5, 5.41) is 3.91. The largest absolute Gasteiger partial charge is 0.351 e. The second-order valence-electron chi connectivity index (χ2n) is 8.44. The number of nitrogens with zero attached hydrogens (tertiary/aromatic N) is 3. The molecule has 13 heteroatoms. The molecule has 0 radical (unpaired) electrons. The van der Waals surface area contributed by atoms with E-state index in [-0.39, 0.29) is 18.2 Å². The van der Waals surface area contributed by atoms with Gasteiger partial charge in [0.15, 0.2) is 0 Å². The Kier molecular flexibility index (Phi) is 8.98. The number of aromatic amines is 1. The number of sulfone groups is 1. The zero-order valence-electron chi connectivity index (χ0n) is 19.7.